The number of nitrogens with zero attached hydrogens (tertiary/aromatic N) is 2. The summed E-state index contributed by atoms with van der Waals surface area (Å²) in [6.07, 6.45) is 0.585. The van der Waals surface area contributed by atoms with Crippen LogP contribution < -0.4 is 20.8 Å². The lowest BCUT2D eigenvalue weighted by Gasteiger charge is -2.20. The molecule has 1 aliphatic rings. The van der Waals surface area contributed by atoms with E-state index in [-0.39, 0.29) is 17.9 Å². The number of anilines is 1. The van der Waals surface area contributed by atoms with E-state index >= 15 is 0 Å². The monoisotopic (exact) mass is 402 g/mol. The number of hydrogen-bond donors (Lipinski definition) is 2. The number of carbonyl (C=O) groups excluding carboxylic acids is 2. The normalized spacial score (nSPS) is 15.7. The minimum absolute atomic E-state index is 0.0601. The number of nitrogens with one attached hydrogen (secondary N) is 1. The van der Waals surface area contributed by atoms with E-state index in [0.29, 0.717) is 31.0 Å². The first-order valence-electron chi connectivity index (χ1n) is 9.02. The molecule has 0 saturated carbocycles. The van der Waals surface area contributed by atoms with Crippen LogP contribution in [0.5, 0.6) is 5.75 Å². The molecular formula is C20H20F2N4O3. The lowest BCUT2D eigenvalue weighted by atomic mass is 10.1. The first-order valence-corrected chi connectivity index (χ1v) is 9.02. The van der Waals surface area contributed by atoms with Crippen LogP contribution in [0.1, 0.15) is 12.8 Å². The minimum Gasteiger partial charge on any atom is -0.494 e. The van der Waals surface area contributed by atoms with Crippen LogP contribution in [0, 0.1) is 11.6 Å². The fourth-order valence-electron chi connectivity index (χ4n) is 2.80. The van der Waals surface area contributed by atoms with Crippen LogP contribution in [-0.2, 0) is 9.59 Å². The standard InChI is InChI=1S/C20H20F2N4O3/c21-13-2-6-15(7-3-13)26-18(19(23)27)12-17(25-26)20(28)24-10-1-11-29-16-8-4-14(22)5-9-16/h2-9,18H,1,10-12H2,(H2,23,27)(H,24,28). The van der Waals surface area contributed by atoms with Crippen LogP contribution >= 0.6 is 0 Å². The Kier molecular flexibility index (Phi) is 6.38. The van der Waals surface area contributed by atoms with Crippen molar-refractivity contribution in [2.45, 2.75) is 18.9 Å². The second-order valence-electron chi connectivity index (χ2n) is 6.40. The molecule has 0 aliphatic carbocycles. The van der Waals surface area contributed by atoms with E-state index in [1.165, 1.54) is 53.5 Å². The first kappa shape index (κ1) is 20.2. The second kappa shape index (κ2) is 9.13. The van der Waals surface area contributed by atoms with Crippen LogP contribution in [0.4, 0.5) is 14.5 Å². The third-order valence-electron chi connectivity index (χ3n) is 4.28. The number of hydrogen-bond acceptors (Lipinski definition) is 5. The summed E-state index contributed by atoms with van der Waals surface area (Å²) in [5.74, 6) is -1.27. The molecule has 0 saturated heterocycles. The van der Waals surface area contributed by atoms with Gasteiger partial charge in [-0.1, -0.05) is 0 Å². The summed E-state index contributed by atoms with van der Waals surface area (Å²) in [4.78, 5) is 24.1. The van der Waals surface area contributed by atoms with E-state index in [9.17, 15) is 18.4 Å². The van der Waals surface area contributed by atoms with Crippen LogP contribution in [-0.4, -0.2) is 36.7 Å². The number of benzene rings is 2. The van der Waals surface area contributed by atoms with Gasteiger partial charge in [-0.05, 0) is 55.0 Å². The molecule has 3 rings (SSSR count). The number of rotatable bonds is 8. The Morgan fingerprint density at radius 3 is 2.34 bits per heavy atom. The molecule has 152 valence electrons. The maximum atomic E-state index is 13.1. The van der Waals surface area contributed by atoms with E-state index in [4.69, 9.17) is 10.5 Å². The van der Waals surface area contributed by atoms with Crippen molar-refractivity contribution in [3.8, 4) is 5.75 Å². The van der Waals surface area contributed by atoms with Gasteiger partial charge in [-0.2, -0.15) is 5.10 Å². The van der Waals surface area contributed by atoms with Gasteiger partial charge in [0.05, 0.1) is 12.3 Å². The van der Waals surface area contributed by atoms with Crippen molar-refractivity contribution >= 4 is 23.2 Å². The Bertz CT molecular complexity index is 901. The van der Waals surface area contributed by atoms with Gasteiger partial charge in [0, 0.05) is 13.0 Å². The molecule has 2 aromatic carbocycles. The summed E-state index contributed by atoms with van der Waals surface area (Å²) in [5.41, 5.74) is 6.05. The zero-order chi connectivity index (χ0) is 20.8. The topological polar surface area (TPSA) is 97.0 Å². The summed E-state index contributed by atoms with van der Waals surface area (Å²) < 4.78 is 31.4. The molecule has 7 nitrogen and oxygen atoms in total. The zero-order valence-electron chi connectivity index (χ0n) is 15.5. The van der Waals surface area contributed by atoms with Crippen molar-refractivity contribution < 1.29 is 23.1 Å². The zero-order valence-corrected chi connectivity index (χ0v) is 15.5. The highest BCUT2D eigenvalue weighted by Crippen LogP contribution is 2.24. The summed E-state index contributed by atoms with van der Waals surface area (Å²) in [5, 5.41) is 8.23. The molecule has 1 atom stereocenters. The Morgan fingerprint density at radius 1 is 1.10 bits per heavy atom. The Hall–Kier alpha value is -3.49. The van der Waals surface area contributed by atoms with Crippen LogP contribution in [0.15, 0.2) is 53.6 Å². The molecule has 29 heavy (non-hydrogen) atoms. The van der Waals surface area contributed by atoms with Crippen molar-refractivity contribution in [3.63, 3.8) is 0 Å². The van der Waals surface area contributed by atoms with Crippen molar-refractivity contribution in [2.75, 3.05) is 18.2 Å². The summed E-state index contributed by atoms with van der Waals surface area (Å²) >= 11 is 0. The number of hydrazone groups is 1. The number of halogens is 2. The first-order chi connectivity index (χ1) is 13.9. The molecule has 1 unspecified atom stereocenters. The van der Waals surface area contributed by atoms with Gasteiger partial charge in [0.15, 0.2) is 0 Å². The molecule has 9 heteroatoms. The van der Waals surface area contributed by atoms with Crippen LogP contribution in [0.25, 0.3) is 0 Å². The Morgan fingerprint density at radius 2 is 1.72 bits per heavy atom. The van der Waals surface area contributed by atoms with Crippen molar-refractivity contribution in [1.82, 2.24) is 5.32 Å². The minimum atomic E-state index is -0.817. The maximum absolute atomic E-state index is 13.1. The largest absolute Gasteiger partial charge is 0.494 e. The van der Waals surface area contributed by atoms with Gasteiger partial charge in [0.2, 0.25) is 5.91 Å². The predicted molar refractivity (Wildman–Crippen MR) is 103 cm³/mol. The van der Waals surface area contributed by atoms with Crippen molar-refractivity contribution in [2.24, 2.45) is 10.8 Å². The highest BCUT2D eigenvalue weighted by atomic mass is 19.1. The van der Waals surface area contributed by atoms with Gasteiger partial charge in [-0.25, -0.2) is 8.78 Å². The molecule has 3 N–H and O–H groups in total. The van der Waals surface area contributed by atoms with Gasteiger partial charge >= 0.3 is 0 Å². The van der Waals surface area contributed by atoms with Crippen LogP contribution in [0.3, 0.4) is 0 Å². The molecular weight excluding hydrogens is 382 g/mol. The fraction of sp³-hybridized carbons (Fsp3) is 0.250. The molecule has 0 fully saturated rings. The van der Waals surface area contributed by atoms with Gasteiger partial charge in [-0.15, -0.1) is 0 Å². The lowest BCUT2D eigenvalue weighted by Crippen LogP contribution is -2.40. The van der Waals surface area contributed by atoms with E-state index in [2.05, 4.69) is 10.4 Å². The van der Waals surface area contributed by atoms with Crippen molar-refractivity contribution in [1.29, 1.82) is 0 Å². The lowest BCUT2D eigenvalue weighted by molar-refractivity contribution is -0.119. The number of ether oxygens (including phenoxy) is 1. The second-order valence-corrected chi connectivity index (χ2v) is 6.40. The average molecular weight is 402 g/mol. The molecule has 2 amide bonds. The van der Waals surface area contributed by atoms with E-state index in [0.717, 1.165) is 0 Å². The number of amides is 2. The van der Waals surface area contributed by atoms with Gasteiger partial charge < -0.3 is 15.8 Å². The highest BCUT2D eigenvalue weighted by molar-refractivity contribution is 6.40. The summed E-state index contributed by atoms with van der Waals surface area (Å²) in [6.45, 7) is 0.667. The van der Waals surface area contributed by atoms with Gasteiger partial charge in [0.25, 0.3) is 5.91 Å². The molecule has 0 spiro atoms. The number of nitrogens with two attached hydrogens (primary N) is 1. The molecule has 1 heterocycles. The third kappa shape index (κ3) is 5.28. The van der Waals surface area contributed by atoms with Crippen molar-refractivity contribution in [3.05, 3.63) is 60.2 Å². The number of carbonyl (C=O) groups is 2. The quantitative estimate of drug-likeness (QED) is 0.660. The SMILES string of the molecule is NC(=O)C1CC(C(=O)NCCCOc2ccc(F)cc2)=NN1c1ccc(F)cc1. The molecule has 0 radical (unpaired) electrons. The molecule has 0 bridgehead atoms. The highest BCUT2D eigenvalue weighted by Gasteiger charge is 2.34. The van der Waals surface area contributed by atoms with E-state index in [1.807, 2.05) is 0 Å². The number of primary amides is 1. The summed E-state index contributed by atoms with van der Waals surface area (Å²) in [7, 11) is 0. The Balaban J connectivity index is 1.51. The van der Waals surface area contributed by atoms with Crippen LogP contribution in [0.2, 0.25) is 0 Å². The average Bonchev–Trinajstić information content (AvgIpc) is 3.15. The van der Waals surface area contributed by atoms with Gasteiger partial charge in [0.1, 0.15) is 29.1 Å². The Labute approximate surface area is 166 Å². The third-order valence-corrected chi connectivity index (χ3v) is 4.28. The maximum Gasteiger partial charge on any atom is 0.267 e. The van der Waals surface area contributed by atoms with E-state index < -0.39 is 23.7 Å². The predicted octanol–water partition coefficient (Wildman–Crippen LogP) is 1.97. The molecule has 1 aliphatic heterocycles. The molecule has 2 aromatic rings. The fourth-order valence-corrected chi connectivity index (χ4v) is 2.80. The van der Waals surface area contributed by atoms with Gasteiger partial charge in [-0.3, -0.25) is 14.6 Å². The molecule has 0 aromatic heterocycles. The smallest absolute Gasteiger partial charge is 0.267 e. The van der Waals surface area contributed by atoms with E-state index in [1.54, 1.807) is 0 Å². The summed E-state index contributed by atoms with van der Waals surface area (Å²) in [6, 6.07) is 10.2.